The van der Waals surface area contributed by atoms with Crippen LogP contribution in [0.15, 0.2) is 30.3 Å². The van der Waals surface area contributed by atoms with Crippen molar-refractivity contribution in [2.75, 3.05) is 0 Å². The molecule has 1 rings (SSSR count). The van der Waals surface area contributed by atoms with Gasteiger partial charge >= 0.3 is 0 Å². The molecule has 4 nitrogen and oxygen atoms in total. The smallest absolute Gasteiger partial charge is 0.107 e. The number of benzene rings is 1. The Hall–Kier alpha value is -1.39. The van der Waals surface area contributed by atoms with Gasteiger partial charge in [-0.25, -0.2) is 0 Å². The number of aliphatic carboxylic acids is 1. The Morgan fingerprint density at radius 3 is 2.17 bits per heavy atom. The lowest BCUT2D eigenvalue weighted by Gasteiger charge is -2.10. The Labute approximate surface area is 147 Å². The van der Waals surface area contributed by atoms with Gasteiger partial charge in [0.25, 0.3) is 0 Å². The predicted octanol–water partition coefficient (Wildman–Crippen LogP) is 2.62. The Bertz CT molecular complexity index is 407. The molecule has 0 amide bonds. The molecule has 0 saturated carbocycles. The van der Waals surface area contributed by atoms with Crippen molar-refractivity contribution in [1.82, 2.24) is 0 Å². The van der Waals surface area contributed by atoms with E-state index in [2.05, 4.69) is 31.7 Å². The molecule has 1 aromatic rings. The molecule has 0 aliphatic rings. The first kappa shape index (κ1) is 22.6. The second kappa shape index (κ2) is 15.2. The van der Waals surface area contributed by atoms with E-state index in [0.717, 1.165) is 19.3 Å². The summed E-state index contributed by atoms with van der Waals surface area (Å²) in [6, 6.07) is 10.7. The zero-order valence-corrected chi connectivity index (χ0v) is 15.4. The fourth-order valence-corrected chi connectivity index (χ4v) is 2.37. The summed E-state index contributed by atoms with van der Waals surface area (Å²) in [7, 11) is 0. The van der Waals surface area contributed by atoms with Gasteiger partial charge in [0, 0.05) is 11.5 Å². The summed E-state index contributed by atoms with van der Waals surface area (Å²) in [5.41, 5.74) is 5.21. The van der Waals surface area contributed by atoms with Gasteiger partial charge in [-0.05, 0) is 26.2 Å². The van der Waals surface area contributed by atoms with Crippen LogP contribution in [0.5, 0.6) is 0 Å². The predicted molar refractivity (Wildman–Crippen MR) is 96.0 cm³/mol. The molecule has 0 aromatic heterocycles. The van der Waals surface area contributed by atoms with Crippen LogP contribution >= 0.6 is 0 Å². The van der Waals surface area contributed by atoms with Crippen molar-refractivity contribution >= 4 is 5.97 Å². The van der Waals surface area contributed by atoms with Crippen molar-refractivity contribution in [1.29, 1.82) is 0 Å². The van der Waals surface area contributed by atoms with E-state index in [0.29, 0.717) is 12.5 Å². The molecule has 0 aliphatic heterocycles. The van der Waals surface area contributed by atoms with Gasteiger partial charge in [0.2, 0.25) is 0 Å². The minimum atomic E-state index is -1.07. The molecule has 0 heterocycles. The standard InChI is InChI=1S/C12H24O3.C8H11N/c1-2-3-4-5-6-7-8-11(13)9-10-12(14)15;1-7(9)8-5-3-2-4-6-8/h11,13H,2-10H2,1H3,(H,14,15);2-7H,9H2,1H3/t;7-/m.0/s1. The highest BCUT2D eigenvalue weighted by Gasteiger charge is 2.03. The van der Waals surface area contributed by atoms with Crippen molar-refractivity contribution in [2.24, 2.45) is 0 Å². The summed E-state index contributed by atoms with van der Waals surface area (Å²) in [4.78, 5) is 10.1. The van der Waals surface area contributed by atoms with Gasteiger partial charge in [0.05, 0.1) is 6.10 Å². The highest BCUT2D eigenvalue weighted by atomic mass is 16.4. The number of rotatable bonds is 11. The van der Waals surface area contributed by atoms with Crippen molar-refractivity contribution in [3.05, 3.63) is 35.9 Å². The van der Waals surface area contributed by atoms with Crippen LogP contribution in [0.3, 0.4) is 0 Å². The number of aliphatic hydroxyl groups excluding tert-OH is 1. The topological polar surface area (TPSA) is 88.0 Å². The second-order valence-electron chi connectivity index (χ2n) is 6.43. The Morgan fingerprint density at radius 1 is 1.08 bits per heavy atom. The van der Waals surface area contributed by atoms with Gasteiger partial charge in [-0.2, -0.15) is 0 Å². The molecule has 0 radical (unpaired) electrons. The van der Waals surface area contributed by atoms with Crippen molar-refractivity contribution in [3.63, 3.8) is 0 Å². The number of carbonyl (C=O) groups excluding carboxylic acids is 1. The molecule has 1 unspecified atom stereocenters. The molecule has 1 aromatic carbocycles. The quantitative estimate of drug-likeness (QED) is 0.608. The zero-order valence-electron chi connectivity index (χ0n) is 15.4. The zero-order chi connectivity index (χ0) is 18.2. The molecule has 24 heavy (non-hydrogen) atoms. The maximum absolute atomic E-state index is 10.1. The lowest BCUT2D eigenvalue weighted by Crippen LogP contribution is -2.51. The molecule has 0 spiro atoms. The number of aliphatic hydroxyl groups is 1. The average Bonchev–Trinajstić information content (AvgIpc) is 2.57. The van der Waals surface area contributed by atoms with Crippen LogP contribution in [-0.4, -0.2) is 17.2 Å². The van der Waals surface area contributed by atoms with Gasteiger partial charge in [-0.1, -0.05) is 75.8 Å². The van der Waals surface area contributed by atoms with Gasteiger partial charge in [-0.15, -0.1) is 0 Å². The first-order chi connectivity index (χ1) is 11.5. The molecular formula is C20H35NO3. The highest BCUT2D eigenvalue weighted by Crippen LogP contribution is 2.10. The molecular weight excluding hydrogens is 302 g/mol. The number of carbonyl (C=O) groups is 1. The largest absolute Gasteiger partial charge is 0.550 e. The molecule has 0 bridgehead atoms. The molecule has 4 N–H and O–H groups in total. The summed E-state index contributed by atoms with van der Waals surface area (Å²) in [6.45, 7) is 4.28. The highest BCUT2D eigenvalue weighted by molar-refractivity contribution is 5.64. The van der Waals surface area contributed by atoms with Gasteiger partial charge in [0.1, 0.15) is 6.04 Å². The number of unbranched alkanes of at least 4 members (excludes halogenated alkanes) is 5. The van der Waals surface area contributed by atoms with Crippen LogP contribution in [0.2, 0.25) is 0 Å². The van der Waals surface area contributed by atoms with Crippen molar-refractivity contribution in [3.8, 4) is 0 Å². The third-order valence-electron chi connectivity index (χ3n) is 3.94. The van der Waals surface area contributed by atoms with Crippen molar-refractivity contribution in [2.45, 2.75) is 83.8 Å². The lowest BCUT2D eigenvalue weighted by atomic mass is 10.0. The fourth-order valence-electron chi connectivity index (χ4n) is 2.37. The third kappa shape index (κ3) is 14.2. The minimum absolute atomic E-state index is 0.0308. The van der Waals surface area contributed by atoms with E-state index in [1.807, 2.05) is 18.2 Å². The first-order valence-electron chi connectivity index (χ1n) is 9.23. The van der Waals surface area contributed by atoms with Crippen LogP contribution in [0, 0.1) is 0 Å². The van der Waals surface area contributed by atoms with E-state index in [4.69, 9.17) is 0 Å². The van der Waals surface area contributed by atoms with E-state index in [1.165, 1.54) is 31.2 Å². The summed E-state index contributed by atoms with van der Waals surface area (Å²) in [5.74, 6) is -1.07. The summed E-state index contributed by atoms with van der Waals surface area (Å²) >= 11 is 0. The van der Waals surface area contributed by atoms with Gasteiger partial charge in [-0.3, -0.25) is 0 Å². The summed E-state index contributed by atoms with van der Waals surface area (Å²) in [5, 5.41) is 19.5. The number of carboxylic acids is 1. The second-order valence-corrected chi connectivity index (χ2v) is 6.43. The van der Waals surface area contributed by atoms with Crippen LogP contribution in [0.4, 0.5) is 0 Å². The molecule has 138 valence electrons. The number of hydrogen-bond acceptors (Lipinski definition) is 3. The molecule has 0 saturated heterocycles. The third-order valence-corrected chi connectivity index (χ3v) is 3.94. The summed E-state index contributed by atoms with van der Waals surface area (Å²) < 4.78 is 0. The molecule has 2 atom stereocenters. The molecule has 0 fully saturated rings. The van der Waals surface area contributed by atoms with Crippen LogP contribution in [0.1, 0.15) is 83.2 Å². The number of hydrogen-bond donors (Lipinski definition) is 2. The Kier molecular flexibility index (Phi) is 14.3. The van der Waals surface area contributed by atoms with Crippen molar-refractivity contribution < 1.29 is 20.7 Å². The Balaban J connectivity index is 0.000000496. The molecule has 4 heteroatoms. The minimum Gasteiger partial charge on any atom is -0.550 e. The molecule has 0 aliphatic carbocycles. The van der Waals surface area contributed by atoms with E-state index < -0.39 is 12.1 Å². The SMILES string of the molecule is CCCCCCCCC(O)CCC(=O)[O-].C[C@H]([NH3+])c1ccccc1. The van der Waals surface area contributed by atoms with Crippen LogP contribution in [0.25, 0.3) is 0 Å². The maximum Gasteiger partial charge on any atom is 0.107 e. The van der Waals surface area contributed by atoms with Gasteiger partial charge in [0.15, 0.2) is 0 Å². The van der Waals surface area contributed by atoms with E-state index >= 15 is 0 Å². The van der Waals surface area contributed by atoms with Gasteiger partial charge < -0.3 is 20.7 Å². The number of quaternary nitrogens is 1. The van der Waals surface area contributed by atoms with E-state index in [9.17, 15) is 15.0 Å². The lowest BCUT2D eigenvalue weighted by molar-refractivity contribution is -0.420. The Morgan fingerprint density at radius 2 is 1.67 bits per heavy atom. The first-order valence-corrected chi connectivity index (χ1v) is 9.23. The monoisotopic (exact) mass is 337 g/mol. The van der Waals surface area contributed by atoms with Crippen LogP contribution < -0.4 is 10.8 Å². The van der Waals surface area contributed by atoms with E-state index in [1.54, 1.807) is 0 Å². The maximum atomic E-state index is 10.1. The average molecular weight is 338 g/mol. The number of carboxylic acid groups (broad SMARTS) is 1. The summed E-state index contributed by atoms with van der Waals surface area (Å²) in [6.07, 6.45) is 7.72. The van der Waals surface area contributed by atoms with Crippen LogP contribution in [-0.2, 0) is 4.79 Å². The normalized spacial score (nSPS) is 12.8. The van der Waals surface area contributed by atoms with E-state index in [-0.39, 0.29) is 6.42 Å². The fraction of sp³-hybridized carbons (Fsp3) is 0.650.